The number of carbonyl (C=O) groups is 1. The number of amides is 1. The Morgan fingerprint density at radius 2 is 2.23 bits per heavy atom. The van der Waals surface area contributed by atoms with E-state index < -0.39 is 12.0 Å². The van der Waals surface area contributed by atoms with Gasteiger partial charge in [0.05, 0.1) is 18.0 Å². The van der Waals surface area contributed by atoms with Gasteiger partial charge in [0.2, 0.25) is 6.41 Å². The average Bonchev–Trinajstić information content (AvgIpc) is 2.52. The van der Waals surface area contributed by atoms with Crippen LogP contribution in [0.4, 0.5) is 14.5 Å². The summed E-state index contributed by atoms with van der Waals surface area (Å²) < 4.78 is 32.5. The Bertz CT molecular complexity index is 544. The van der Waals surface area contributed by atoms with Gasteiger partial charge in [-0.25, -0.2) is 14.2 Å². The molecule has 0 spiro atoms. The SMILES string of the molecule is COC/C(=N\NC=O)c1ccc(N2CCC(F)CC2)c(F)c1. The largest absolute Gasteiger partial charge is 0.378 e. The summed E-state index contributed by atoms with van der Waals surface area (Å²) >= 11 is 0. The lowest BCUT2D eigenvalue weighted by atomic mass is 10.1. The molecule has 1 N–H and O–H groups in total. The molecule has 120 valence electrons. The Balaban J connectivity index is 2.19. The van der Waals surface area contributed by atoms with Crippen LogP contribution in [0.15, 0.2) is 23.3 Å². The van der Waals surface area contributed by atoms with Gasteiger partial charge in [-0.2, -0.15) is 5.10 Å². The lowest BCUT2D eigenvalue weighted by molar-refractivity contribution is -0.109. The van der Waals surface area contributed by atoms with Gasteiger partial charge in [-0.15, -0.1) is 0 Å². The molecule has 1 aromatic rings. The zero-order valence-corrected chi connectivity index (χ0v) is 12.4. The molecule has 0 aliphatic carbocycles. The van der Waals surface area contributed by atoms with Crippen molar-refractivity contribution >= 4 is 17.8 Å². The van der Waals surface area contributed by atoms with Crippen LogP contribution in [-0.2, 0) is 9.53 Å². The first-order chi connectivity index (χ1) is 10.7. The predicted molar refractivity (Wildman–Crippen MR) is 80.4 cm³/mol. The van der Waals surface area contributed by atoms with E-state index in [2.05, 4.69) is 10.5 Å². The molecular formula is C15H19F2N3O2. The van der Waals surface area contributed by atoms with Crippen LogP contribution >= 0.6 is 0 Å². The molecule has 2 rings (SSSR count). The maximum atomic E-state index is 14.3. The van der Waals surface area contributed by atoms with Crippen LogP contribution in [0.2, 0.25) is 0 Å². The highest BCUT2D eigenvalue weighted by molar-refractivity contribution is 6.02. The summed E-state index contributed by atoms with van der Waals surface area (Å²) in [5, 5.41) is 3.84. The van der Waals surface area contributed by atoms with Crippen LogP contribution < -0.4 is 10.3 Å². The van der Waals surface area contributed by atoms with Gasteiger partial charge in [-0.1, -0.05) is 6.07 Å². The summed E-state index contributed by atoms with van der Waals surface area (Å²) in [5.74, 6) is -0.398. The number of hydrogen-bond acceptors (Lipinski definition) is 4. The van der Waals surface area contributed by atoms with Gasteiger partial charge in [0.1, 0.15) is 12.0 Å². The topological polar surface area (TPSA) is 53.9 Å². The van der Waals surface area contributed by atoms with Gasteiger partial charge in [-0.3, -0.25) is 4.79 Å². The van der Waals surface area contributed by atoms with Crippen LogP contribution in [0.1, 0.15) is 18.4 Å². The third kappa shape index (κ3) is 4.00. The first-order valence-electron chi connectivity index (χ1n) is 7.09. The maximum Gasteiger partial charge on any atom is 0.227 e. The predicted octanol–water partition coefficient (Wildman–Crippen LogP) is 1.86. The molecule has 0 radical (unpaired) electrons. The van der Waals surface area contributed by atoms with Crippen LogP contribution in [0.5, 0.6) is 0 Å². The molecule has 1 saturated heterocycles. The number of nitrogens with one attached hydrogen (secondary N) is 1. The van der Waals surface area contributed by atoms with Crippen LogP contribution in [-0.4, -0.2) is 45.1 Å². The Morgan fingerprint density at radius 1 is 1.50 bits per heavy atom. The highest BCUT2D eigenvalue weighted by Crippen LogP contribution is 2.25. The summed E-state index contributed by atoms with van der Waals surface area (Å²) in [6.45, 7) is 1.15. The molecular weight excluding hydrogens is 292 g/mol. The van der Waals surface area contributed by atoms with E-state index in [1.54, 1.807) is 12.1 Å². The molecule has 1 heterocycles. The van der Waals surface area contributed by atoms with Gasteiger partial charge >= 0.3 is 0 Å². The monoisotopic (exact) mass is 311 g/mol. The van der Waals surface area contributed by atoms with Crippen molar-refractivity contribution in [1.82, 2.24) is 5.43 Å². The van der Waals surface area contributed by atoms with E-state index in [-0.39, 0.29) is 6.61 Å². The molecule has 1 aliphatic rings. The standard InChI is InChI=1S/C15H19F2N3O2/c1-22-9-14(19-18-10-21)11-2-3-15(13(17)8-11)20-6-4-12(16)5-7-20/h2-3,8,10,12H,4-7,9H2,1H3,(H,18,21)/b19-14+. The molecule has 0 saturated carbocycles. The molecule has 0 atom stereocenters. The number of methoxy groups -OCH3 is 1. The number of carbonyl (C=O) groups excluding carboxylic acids is 1. The van der Waals surface area contributed by atoms with Crippen molar-refractivity contribution in [3.63, 3.8) is 0 Å². The molecule has 0 bridgehead atoms. The van der Waals surface area contributed by atoms with E-state index >= 15 is 0 Å². The zero-order valence-electron chi connectivity index (χ0n) is 12.4. The fourth-order valence-corrected chi connectivity index (χ4v) is 2.45. The van der Waals surface area contributed by atoms with Crippen LogP contribution in [0.25, 0.3) is 0 Å². The van der Waals surface area contributed by atoms with E-state index in [0.29, 0.717) is 49.3 Å². The van der Waals surface area contributed by atoms with Gasteiger partial charge in [0, 0.05) is 25.8 Å². The number of nitrogens with zero attached hydrogens (tertiary/aromatic N) is 2. The summed E-state index contributed by atoms with van der Waals surface area (Å²) in [7, 11) is 1.49. The van der Waals surface area contributed by atoms with Crippen molar-refractivity contribution in [3.8, 4) is 0 Å². The molecule has 7 heteroatoms. The van der Waals surface area contributed by atoms with Gasteiger partial charge in [0.15, 0.2) is 0 Å². The Morgan fingerprint density at radius 3 is 2.82 bits per heavy atom. The minimum Gasteiger partial charge on any atom is -0.378 e. The Labute approximate surface area is 127 Å². The number of benzene rings is 1. The molecule has 1 aromatic carbocycles. The molecule has 5 nitrogen and oxygen atoms in total. The second kappa shape index (κ2) is 7.84. The van der Waals surface area contributed by atoms with E-state index in [4.69, 9.17) is 4.74 Å². The molecule has 0 unspecified atom stereocenters. The third-order valence-electron chi connectivity index (χ3n) is 3.58. The van der Waals surface area contributed by atoms with E-state index in [9.17, 15) is 13.6 Å². The zero-order chi connectivity index (χ0) is 15.9. The second-order valence-electron chi connectivity index (χ2n) is 5.07. The summed E-state index contributed by atoms with van der Waals surface area (Å²) in [6.07, 6.45) is 0.469. The average molecular weight is 311 g/mol. The van der Waals surface area contributed by atoms with Crippen LogP contribution in [0, 0.1) is 5.82 Å². The molecule has 22 heavy (non-hydrogen) atoms. The Hall–Kier alpha value is -2.02. The van der Waals surface area contributed by atoms with E-state index in [1.165, 1.54) is 13.2 Å². The minimum atomic E-state index is -0.798. The quantitative estimate of drug-likeness (QED) is 0.496. The summed E-state index contributed by atoms with van der Waals surface area (Å²) in [5.41, 5.74) is 3.59. The number of anilines is 1. The highest BCUT2D eigenvalue weighted by Gasteiger charge is 2.21. The summed E-state index contributed by atoms with van der Waals surface area (Å²) in [6, 6.07) is 4.71. The summed E-state index contributed by atoms with van der Waals surface area (Å²) in [4.78, 5) is 12.2. The van der Waals surface area contributed by atoms with Gasteiger partial charge in [0.25, 0.3) is 0 Å². The molecule has 1 amide bonds. The Kier molecular flexibility index (Phi) is 5.83. The third-order valence-corrected chi connectivity index (χ3v) is 3.58. The lowest BCUT2D eigenvalue weighted by Gasteiger charge is -2.31. The first-order valence-corrected chi connectivity index (χ1v) is 7.09. The maximum absolute atomic E-state index is 14.3. The van der Waals surface area contributed by atoms with Crippen molar-refractivity contribution < 1.29 is 18.3 Å². The van der Waals surface area contributed by atoms with Crippen molar-refractivity contribution in [2.75, 3.05) is 31.7 Å². The first kappa shape index (κ1) is 16.4. The van der Waals surface area contributed by atoms with Crippen LogP contribution in [0.3, 0.4) is 0 Å². The molecule has 1 aliphatic heterocycles. The number of rotatable bonds is 6. The molecule has 1 fully saturated rings. The van der Waals surface area contributed by atoms with Crippen molar-refractivity contribution in [1.29, 1.82) is 0 Å². The number of halogens is 2. The van der Waals surface area contributed by atoms with Crippen molar-refractivity contribution in [2.45, 2.75) is 19.0 Å². The second-order valence-corrected chi connectivity index (χ2v) is 5.07. The van der Waals surface area contributed by atoms with Crippen molar-refractivity contribution in [3.05, 3.63) is 29.6 Å². The fraction of sp³-hybridized carbons (Fsp3) is 0.467. The minimum absolute atomic E-state index is 0.146. The molecule has 0 aromatic heterocycles. The smallest absolute Gasteiger partial charge is 0.227 e. The lowest BCUT2D eigenvalue weighted by Crippen LogP contribution is -2.34. The van der Waals surface area contributed by atoms with Crippen molar-refractivity contribution in [2.24, 2.45) is 5.10 Å². The highest BCUT2D eigenvalue weighted by atomic mass is 19.1. The number of ether oxygens (including phenoxy) is 1. The van der Waals surface area contributed by atoms with Gasteiger partial charge < -0.3 is 9.64 Å². The number of piperidine rings is 1. The van der Waals surface area contributed by atoms with E-state index in [0.717, 1.165) is 0 Å². The van der Waals surface area contributed by atoms with E-state index in [1.807, 2.05) is 4.90 Å². The number of hydrazone groups is 1. The number of hydrogen-bond donors (Lipinski definition) is 1. The normalized spacial score (nSPS) is 16.7. The number of alkyl halides is 1. The fourth-order valence-electron chi connectivity index (χ4n) is 2.45. The van der Waals surface area contributed by atoms with Gasteiger partial charge in [-0.05, 0) is 25.0 Å².